The molecule has 1 nitrogen and oxygen atoms in total. The van der Waals surface area contributed by atoms with Gasteiger partial charge >= 0.3 is 0 Å². The number of halogens is 4. The summed E-state index contributed by atoms with van der Waals surface area (Å²) in [6.45, 7) is 1.46. The maximum Gasteiger partial charge on any atom is 0.141 e. The Morgan fingerprint density at radius 2 is 1.68 bits per heavy atom. The lowest BCUT2D eigenvalue weighted by molar-refractivity contribution is 0.570. The van der Waals surface area contributed by atoms with Crippen molar-refractivity contribution in [1.29, 1.82) is 0 Å². The lowest BCUT2D eigenvalue weighted by atomic mass is 9.98. The lowest BCUT2D eigenvalue weighted by Gasteiger charge is -2.15. The number of rotatable bonds is 2. The number of hydrogen-bond acceptors (Lipinski definition) is 1. The minimum atomic E-state index is -0.909. The predicted molar refractivity (Wildman–Crippen MR) is 68.5 cm³/mol. The fourth-order valence-electron chi connectivity index (χ4n) is 1.79. The van der Waals surface area contributed by atoms with E-state index in [1.165, 1.54) is 19.1 Å². The van der Waals surface area contributed by atoms with Crippen LogP contribution >= 0.6 is 11.6 Å². The maximum absolute atomic E-state index is 13.8. The summed E-state index contributed by atoms with van der Waals surface area (Å²) in [5.74, 6) is -1.74. The van der Waals surface area contributed by atoms with Crippen molar-refractivity contribution in [1.82, 2.24) is 0 Å². The van der Waals surface area contributed by atoms with Crippen LogP contribution in [-0.2, 0) is 0 Å². The first-order chi connectivity index (χ1) is 8.90. The SMILES string of the molecule is Cc1cc(F)c(C(N)c2ccc(F)c(Cl)c2)cc1F. The Bertz CT molecular complexity index is 628. The van der Waals surface area contributed by atoms with E-state index in [4.69, 9.17) is 17.3 Å². The quantitative estimate of drug-likeness (QED) is 0.883. The molecule has 1 atom stereocenters. The molecule has 0 amide bonds. The fourth-order valence-corrected chi connectivity index (χ4v) is 1.97. The molecule has 0 saturated carbocycles. The molecule has 0 spiro atoms. The Balaban J connectivity index is 2.46. The van der Waals surface area contributed by atoms with Crippen LogP contribution in [-0.4, -0.2) is 0 Å². The van der Waals surface area contributed by atoms with E-state index in [1.807, 2.05) is 0 Å². The molecular formula is C14H11ClF3N. The molecule has 0 heterocycles. The summed E-state index contributed by atoms with van der Waals surface area (Å²) in [4.78, 5) is 0. The molecule has 0 bridgehead atoms. The third-order valence-corrected chi connectivity index (χ3v) is 3.21. The Labute approximate surface area is 113 Å². The van der Waals surface area contributed by atoms with Crippen molar-refractivity contribution in [2.75, 3.05) is 0 Å². The minimum Gasteiger partial charge on any atom is -0.320 e. The minimum absolute atomic E-state index is 0.00535. The van der Waals surface area contributed by atoms with Crippen LogP contribution in [0.25, 0.3) is 0 Å². The zero-order chi connectivity index (χ0) is 14.2. The molecule has 1 unspecified atom stereocenters. The van der Waals surface area contributed by atoms with Crippen molar-refractivity contribution >= 4 is 11.6 Å². The summed E-state index contributed by atoms with van der Waals surface area (Å²) in [6.07, 6.45) is 0. The van der Waals surface area contributed by atoms with Crippen molar-refractivity contribution in [3.63, 3.8) is 0 Å². The van der Waals surface area contributed by atoms with E-state index >= 15 is 0 Å². The van der Waals surface area contributed by atoms with Gasteiger partial charge in [0.25, 0.3) is 0 Å². The third kappa shape index (κ3) is 2.74. The van der Waals surface area contributed by atoms with Crippen LogP contribution in [0, 0.1) is 24.4 Å². The van der Waals surface area contributed by atoms with Gasteiger partial charge in [0, 0.05) is 5.56 Å². The topological polar surface area (TPSA) is 26.0 Å². The molecule has 0 aliphatic carbocycles. The largest absolute Gasteiger partial charge is 0.320 e. The molecule has 2 aromatic rings. The van der Waals surface area contributed by atoms with E-state index in [0.29, 0.717) is 5.56 Å². The number of nitrogens with two attached hydrogens (primary N) is 1. The van der Waals surface area contributed by atoms with Crippen LogP contribution in [0.4, 0.5) is 13.2 Å². The van der Waals surface area contributed by atoms with Crippen LogP contribution in [0.2, 0.25) is 5.02 Å². The van der Waals surface area contributed by atoms with Crippen LogP contribution in [0.3, 0.4) is 0 Å². The zero-order valence-electron chi connectivity index (χ0n) is 10.1. The normalized spacial score (nSPS) is 12.5. The van der Waals surface area contributed by atoms with Gasteiger partial charge in [-0.2, -0.15) is 0 Å². The van der Waals surface area contributed by atoms with E-state index in [2.05, 4.69) is 0 Å². The summed E-state index contributed by atoms with van der Waals surface area (Å²) >= 11 is 5.64. The average molecular weight is 286 g/mol. The van der Waals surface area contributed by atoms with E-state index in [-0.39, 0.29) is 16.1 Å². The molecule has 2 aromatic carbocycles. The van der Waals surface area contributed by atoms with E-state index in [0.717, 1.165) is 18.2 Å². The third-order valence-electron chi connectivity index (χ3n) is 2.92. The standard InChI is InChI=1S/C14H11ClF3N/c1-7-4-13(18)9(6-12(7)17)14(19)8-2-3-11(16)10(15)5-8/h2-6,14H,19H2,1H3. The molecule has 2 rings (SSSR count). The second kappa shape index (κ2) is 5.23. The van der Waals surface area contributed by atoms with Gasteiger partial charge in [-0.3, -0.25) is 0 Å². The van der Waals surface area contributed by atoms with Gasteiger partial charge in [-0.15, -0.1) is 0 Å². The van der Waals surface area contributed by atoms with E-state index in [9.17, 15) is 13.2 Å². The van der Waals surface area contributed by atoms with Crippen molar-refractivity contribution in [3.05, 3.63) is 69.5 Å². The first-order valence-corrected chi connectivity index (χ1v) is 5.94. The summed E-state index contributed by atoms with van der Waals surface area (Å²) < 4.78 is 40.3. The highest BCUT2D eigenvalue weighted by atomic mass is 35.5. The van der Waals surface area contributed by atoms with Gasteiger partial charge in [0.05, 0.1) is 11.1 Å². The summed E-state index contributed by atoms with van der Waals surface area (Å²) in [7, 11) is 0. The molecule has 2 N–H and O–H groups in total. The van der Waals surface area contributed by atoms with Crippen LogP contribution in [0.5, 0.6) is 0 Å². The number of benzene rings is 2. The highest BCUT2D eigenvalue weighted by molar-refractivity contribution is 6.30. The van der Waals surface area contributed by atoms with Gasteiger partial charge in [-0.25, -0.2) is 13.2 Å². The van der Waals surface area contributed by atoms with Crippen molar-refractivity contribution in [2.45, 2.75) is 13.0 Å². The molecule has 100 valence electrons. The monoisotopic (exact) mass is 285 g/mol. The Hall–Kier alpha value is -1.52. The zero-order valence-corrected chi connectivity index (χ0v) is 10.8. The predicted octanol–water partition coefficient (Wildman–Crippen LogP) is 4.11. The summed E-state index contributed by atoms with van der Waals surface area (Å²) in [5, 5.41) is -0.110. The van der Waals surface area contributed by atoms with Crippen LogP contribution in [0.15, 0.2) is 30.3 Å². The molecule has 0 aliphatic heterocycles. The van der Waals surface area contributed by atoms with Gasteiger partial charge in [0.15, 0.2) is 0 Å². The molecule has 19 heavy (non-hydrogen) atoms. The first-order valence-electron chi connectivity index (χ1n) is 5.56. The fraction of sp³-hybridized carbons (Fsp3) is 0.143. The summed E-state index contributed by atoms with van der Waals surface area (Å²) in [6, 6.07) is 5.05. The van der Waals surface area contributed by atoms with Gasteiger partial charge in [0.2, 0.25) is 0 Å². The Morgan fingerprint density at radius 1 is 1.00 bits per heavy atom. The average Bonchev–Trinajstić information content (AvgIpc) is 2.36. The van der Waals surface area contributed by atoms with Crippen LogP contribution in [0.1, 0.15) is 22.7 Å². The lowest BCUT2D eigenvalue weighted by Crippen LogP contribution is -2.14. The second-order valence-corrected chi connectivity index (χ2v) is 4.68. The first kappa shape index (κ1) is 13.9. The van der Waals surface area contributed by atoms with Crippen molar-refractivity contribution < 1.29 is 13.2 Å². The highest BCUT2D eigenvalue weighted by Crippen LogP contribution is 2.27. The maximum atomic E-state index is 13.8. The Morgan fingerprint density at radius 3 is 2.32 bits per heavy atom. The highest BCUT2D eigenvalue weighted by Gasteiger charge is 2.17. The molecule has 0 saturated heterocycles. The van der Waals surface area contributed by atoms with Gasteiger partial charge < -0.3 is 5.73 Å². The second-order valence-electron chi connectivity index (χ2n) is 4.27. The molecular weight excluding hydrogens is 275 g/mol. The molecule has 0 radical (unpaired) electrons. The molecule has 5 heteroatoms. The van der Waals surface area contributed by atoms with Gasteiger partial charge in [0.1, 0.15) is 17.5 Å². The van der Waals surface area contributed by atoms with E-state index in [1.54, 1.807) is 0 Å². The molecule has 0 aliphatic rings. The van der Waals surface area contributed by atoms with Gasteiger partial charge in [-0.1, -0.05) is 17.7 Å². The van der Waals surface area contributed by atoms with Crippen LogP contribution < -0.4 is 5.73 Å². The van der Waals surface area contributed by atoms with Crippen molar-refractivity contribution in [3.8, 4) is 0 Å². The smallest absolute Gasteiger partial charge is 0.141 e. The van der Waals surface area contributed by atoms with Crippen molar-refractivity contribution in [2.24, 2.45) is 5.73 Å². The number of hydrogen-bond donors (Lipinski definition) is 1. The molecule has 0 aromatic heterocycles. The van der Waals surface area contributed by atoms with Gasteiger partial charge in [-0.05, 0) is 42.3 Å². The molecule has 0 fully saturated rings. The van der Waals surface area contributed by atoms with E-state index < -0.39 is 23.5 Å². The number of aryl methyl sites for hydroxylation is 1. The Kier molecular flexibility index (Phi) is 3.83. The summed E-state index contributed by atoms with van der Waals surface area (Å²) in [5.41, 5.74) is 6.48.